The van der Waals surface area contributed by atoms with Crippen molar-refractivity contribution < 1.29 is 69.4 Å². The number of halogens is 3. The summed E-state index contributed by atoms with van der Waals surface area (Å²) < 4.78 is 39.8. The van der Waals surface area contributed by atoms with Crippen molar-refractivity contribution in [2.24, 2.45) is 5.16 Å². The SMILES string of the molecule is C[C-]=NOCc1ccc(C(CC)CCC)c(C(F)(F)F)c1.[K+]. The molecule has 6 heteroatoms. The maximum atomic E-state index is 13.3. The van der Waals surface area contributed by atoms with Gasteiger partial charge in [-0.25, -0.2) is 0 Å². The van der Waals surface area contributed by atoms with Crippen molar-refractivity contribution >= 4 is 6.21 Å². The fourth-order valence-electron chi connectivity index (χ4n) is 2.39. The van der Waals surface area contributed by atoms with Crippen molar-refractivity contribution in [3.63, 3.8) is 0 Å². The van der Waals surface area contributed by atoms with Crippen molar-refractivity contribution in [1.82, 2.24) is 0 Å². The van der Waals surface area contributed by atoms with E-state index in [4.69, 9.17) is 4.84 Å². The molecule has 1 aromatic carbocycles. The molecule has 0 aromatic heterocycles. The quantitative estimate of drug-likeness (QED) is 0.324. The molecule has 0 aliphatic heterocycles. The largest absolute Gasteiger partial charge is 1.00 e. The fourth-order valence-corrected chi connectivity index (χ4v) is 2.39. The van der Waals surface area contributed by atoms with Crippen LogP contribution >= 0.6 is 0 Å². The molecule has 1 atom stereocenters. The Labute approximate surface area is 172 Å². The summed E-state index contributed by atoms with van der Waals surface area (Å²) >= 11 is 0. The number of alkyl halides is 3. The Bertz CT molecular complexity index is 475. The van der Waals surface area contributed by atoms with Crippen molar-refractivity contribution in [3.8, 4) is 0 Å². The zero-order valence-electron chi connectivity index (χ0n) is 13.6. The molecule has 0 amide bonds. The molecule has 0 bridgehead atoms. The van der Waals surface area contributed by atoms with Crippen molar-refractivity contribution in [3.05, 3.63) is 34.9 Å². The van der Waals surface area contributed by atoms with Gasteiger partial charge in [0.05, 0.1) is 5.56 Å². The van der Waals surface area contributed by atoms with Gasteiger partial charge < -0.3 is 16.2 Å². The Hall–Kier alpha value is 0.116. The molecule has 0 fully saturated rings. The van der Waals surface area contributed by atoms with E-state index in [0.29, 0.717) is 17.5 Å². The first-order valence-corrected chi connectivity index (χ1v) is 7.12. The van der Waals surface area contributed by atoms with Crippen LogP contribution in [0.3, 0.4) is 0 Å². The van der Waals surface area contributed by atoms with E-state index in [-0.39, 0.29) is 63.9 Å². The molecule has 0 saturated heterocycles. The Morgan fingerprint density at radius 1 is 1.27 bits per heavy atom. The third kappa shape index (κ3) is 6.70. The maximum absolute atomic E-state index is 13.3. The first-order chi connectivity index (χ1) is 9.93. The minimum Gasteiger partial charge on any atom is -0.428 e. The molecule has 0 radical (unpaired) electrons. The van der Waals surface area contributed by atoms with Crippen LogP contribution in [-0.4, -0.2) is 6.21 Å². The summed E-state index contributed by atoms with van der Waals surface area (Å²) in [6.45, 7) is 5.47. The van der Waals surface area contributed by atoms with Gasteiger partial charge in [-0.2, -0.15) is 20.1 Å². The summed E-state index contributed by atoms with van der Waals surface area (Å²) in [5.41, 5.74) is 0.269. The minimum absolute atomic E-state index is 0. The molecule has 0 aliphatic carbocycles. The van der Waals surface area contributed by atoms with Crippen LogP contribution in [0.5, 0.6) is 0 Å². The number of nitrogens with zero attached hydrogens (tertiary/aromatic N) is 1. The van der Waals surface area contributed by atoms with Gasteiger partial charge in [-0.15, -0.1) is 0 Å². The zero-order chi connectivity index (χ0) is 15.9. The van der Waals surface area contributed by atoms with Crippen LogP contribution in [0.1, 0.15) is 62.6 Å². The van der Waals surface area contributed by atoms with Crippen LogP contribution < -0.4 is 51.4 Å². The summed E-state index contributed by atoms with van der Waals surface area (Å²) in [5.74, 6) is -0.0661. The number of hydrogen-bond acceptors (Lipinski definition) is 2. The van der Waals surface area contributed by atoms with Gasteiger partial charge in [0.15, 0.2) is 0 Å². The van der Waals surface area contributed by atoms with E-state index in [1.807, 2.05) is 13.8 Å². The van der Waals surface area contributed by atoms with Gasteiger partial charge in [-0.1, -0.05) is 32.4 Å². The first-order valence-electron chi connectivity index (χ1n) is 7.12. The van der Waals surface area contributed by atoms with Crippen LogP contribution in [0.15, 0.2) is 23.4 Å². The average Bonchev–Trinajstić information content (AvgIpc) is 2.44. The predicted molar refractivity (Wildman–Crippen MR) is 77.3 cm³/mol. The third-order valence-electron chi connectivity index (χ3n) is 3.38. The summed E-state index contributed by atoms with van der Waals surface area (Å²) in [6.07, 6.45) is 0.378. The van der Waals surface area contributed by atoms with E-state index in [0.717, 1.165) is 12.8 Å². The number of hydrogen-bond donors (Lipinski definition) is 0. The number of benzene rings is 1. The van der Waals surface area contributed by atoms with Crippen molar-refractivity contribution in [1.29, 1.82) is 0 Å². The molecule has 1 rings (SSSR count). The molecule has 1 aromatic rings. The molecule has 118 valence electrons. The van der Waals surface area contributed by atoms with Gasteiger partial charge in [-0.3, -0.25) is 0 Å². The van der Waals surface area contributed by atoms with Crippen molar-refractivity contribution in [2.45, 2.75) is 58.7 Å². The predicted octanol–water partition coefficient (Wildman–Crippen LogP) is 2.40. The molecule has 0 spiro atoms. The van der Waals surface area contributed by atoms with Crippen LogP contribution in [0.25, 0.3) is 0 Å². The maximum Gasteiger partial charge on any atom is 1.00 e. The second-order valence-electron chi connectivity index (χ2n) is 4.90. The van der Waals surface area contributed by atoms with Gasteiger partial charge in [0, 0.05) is 0 Å². The summed E-state index contributed by atoms with van der Waals surface area (Å²) in [5, 5.41) is 3.43. The third-order valence-corrected chi connectivity index (χ3v) is 3.38. The molecular weight excluding hydrogens is 318 g/mol. The molecular formula is C16H21F3KNO. The number of rotatable bonds is 7. The molecule has 1 unspecified atom stereocenters. The molecule has 0 saturated carbocycles. The van der Waals surface area contributed by atoms with Gasteiger partial charge in [0.2, 0.25) is 0 Å². The Morgan fingerprint density at radius 2 is 1.95 bits per heavy atom. The topological polar surface area (TPSA) is 21.6 Å². The average molecular weight is 339 g/mol. The fraction of sp³-hybridized carbons (Fsp3) is 0.562. The van der Waals surface area contributed by atoms with E-state index in [1.54, 1.807) is 19.1 Å². The van der Waals surface area contributed by atoms with Crippen LogP contribution in [0.2, 0.25) is 0 Å². The van der Waals surface area contributed by atoms with E-state index in [9.17, 15) is 13.2 Å². The molecule has 22 heavy (non-hydrogen) atoms. The van der Waals surface area contributed by atoms with Crippen LogP contribution in [-0.2, 0) is 17.6 Å². The van der Waals surface area contributed by atoms with E-state index in [2.05, 4.69) is 11.4 Å². The van der Waals surface area contributed by atoms with Gasteiger partial charge in [0.25, 0.3) is 0 Å². The standard InChI is InChI=1S/C16H21F3NO.K/c1-4-7-13(5-2)14-9-8-12(11-21-20-6-3)10-15(14)16(17,18)19;/h8-10,13H,4-5,7,11H2,1-3H3;/q-1;+1. The molecule has 0 aliphatic rings. The summed E-state index contributed by atoms with van der Waals surface area (Å²) in [4.78, 5) is 4.86. The van der Waals surface area contributed by atoms with E-state index in [1.165, 1.54) is 6.07 Å². The Balaban J connectivity index is 0.00000441. The van der Waals surface area contributed by atoms with Crippen LogP contribution in [0, 0.1) is 0 Å². The second kappa shape index (κ2) is 10.8. The Morgan fingerprint density at radius 3 is 2.45 bits per heavy atom. The zero-order valence-corrected chi connectivity index (χ0v) is 16.8. The minimum atomic E-state index is -4.35. The molecule has 0 N–H and O–H groups in total. The van der Waals surface area contributed by atoms with Gasteiger partial charge in [-0.05, 0) is 36.0 Å². The second-order valence-corrected chi connectivity index (χ2v) is 4.90. The van der Waals surface area contributed by atoms with Gasteiger partial charge >= 0.3 is 57.6 Å². The normalized spacial score (nSPS) is 13.0. The van der Waals surface area contributed by atoms with Gasteiger partial charge in [0.1, 0.15) is 6.61 Å². The van der Waals surface area contributed by atoms with Crippen molar-refractivity contribution in [2.75, 3.05) is 0 Å². The van der Waals surface area contributed by atoms with E-state index < -0.39 is 11.7 Å². The first kappa shape index (κ1) is 22.1. The van der Waals surface area contributed by atoms with Crippen LogP contribution in [0.4, 0.5) is 13.2 Å². The van der Waals surface area contributed by atoms with E-state index >= 15 is 0 Å². The monoisotopic (exact) mass is 339 g/mol. The molecule has 0 heterocycles. The molecule has 2 nitrogen and oxygen atoms in total. The summed E-state index contributed by atoms with van der Waals surface area (Å²) in [6, 6.07) is 4.41. The summed E-state index contributed by atoms with van der Waals surface area (Å²) in [7, 11) is 0. The smallest absolute Gasteiger partial charge is 0.428 e. The Kier molecular flexibility index (Phi) is 10.9.